The lowest BCUT2D eigenvalue weighted by Gasteiger charge is -2.41. The van der Waals surface area contributed by atoms with Gasteiger partial charge in [0.25, 0.3) is 0 Å². The molecule has 1 N–H and O–H groups in total. The zero-order chi connectivity index (χ0) is 11.9. The van der Waals surface area contributed by atoms with E-state index in [1.54, 1.807) is 12.8 Å². The Morgan fingerprint density at radius 3 is 2.00 bits per heavy atom. The van der Waals surface area contributed by atoms with E-state index in [9.17, 15) is 0 Å². The van der Waals surface area contributed by atoms with Crippen molar-refractivity contribution < 1.29 is 0 Å². The minimum Gasteiger partial charge on any atom is -0.311 e. The maximum absolute atomic E-state index is 4.11. The van der Waals surface area contributed by atoms with E-state index in [2.05, 4.69) is 5.32 Å². The average molecular weight is 247 g/mol. The first-order chi connectivity index (χ1) is 8.90. The van der Waals surface area contributed by atoms with Crippen molar-refractivity contribution >= 4 is 0 Å². The highest BCUT2D eigenvalue weighted by Gasteiger charge is 2.43. The molecule has 3 unspecified atom stereocenters. The van der Waals surface area contributed by atoms with Crippen LogP contribution in [0.1, 0.15) is 70.6 Å². The van der Waals surface area contributed by atoms with Crippen LogP contribution in [0.15, 0.2) is 0 Å². The number of fused-ring (bicyclic) bond motifs is 1. The van der Waals surface area contributed by atoms with Gasteiger partial charge in [-0.3, -0.25) is 0 Å². The first-order valence-corrected chi connectivity index (χ1v) is 8.66. The molecule has 0 amide bonds. The zero-order valence-corrected chi connectivity index (χ0v) is 11.7. The highest BCUT2D eigenvalue weighted by Crippen LogP contribution is 2.46. The van der Waals surface area contributed by atoms with Gasteiger partial charge in [-0.15, -0.1) is 0 Å². The van der Waals surface area contributed by atoms with Crippen LogP contribution in [0.4, 0.5) is 0 Å². The largest absolute Gasteiger partial charge is 0.311 e. The lowest BCUT2D eigenvalue weighted by atomic mass is 9.69. The molecule has 0 aromatic heterocycles. The number of rotatable bonds is 4. The summed E-state index contributed by atoms with van der Waals surface area (Å²) < 4.78 is 0. The van der Waals surface area contributed by atoms with Gasteiger partial charge in [-0.05, 0) is 68.6 Å². The van der Waals surface area contributed by atoms with Crippen LogP contribution in [0.2, 0.25) is 0 Å². The maximum Gasteiger partial charge on any atom is 0.0126 e. The molecular weight excluding hydrogens is 218 g/mol. The first-order valence-electron chi connectivity index (χ1n) is 8.66. The molecule has 0 aliphatic heterocycles. The molecule has 4 fully saturated rings. The van der Waals surface area contributed by atoms with Gasteiger partial charge in [-0.2, -0.15) is 0 Å². The molecule has 0 bridgehead atoms. The minimum absolute atomic E-state index is 0.885. The predicted octanol–water partition coefficient (Wildman–Crippen LogP) is 4.12. The van der Waals surface area contributed by atoms with Crippen molar-refractivity contribution in [3.05, 3.63) is 0 Å². The molecule has 0 saturated heterocycles. The maximum atomic E-state index is 4.11. The van der Waals surface area contributed by atoms with Crippen LogP contribution in [-0.2, 0) is 0 Å². The van der Waals surface area contributed by atoms with E-state index in [4.69, 9.17) is 0 Å². The second-order valence-electron chi connectivity index (χ2n) is 7.68. The number of hydrogen-bond acceptors (Lipinski definition) is 1. The summed E-state index contributed by atoms with van der Waals surface area (Å²) in [5.41, 5.74) is 0. The van der Waals surface area contributed by atoms with Gasteiger partial charge in [0, 0.05) is 12.1 Å². The zero-order valence-electron chi connectivity index (χ0n) is 11.7. The van der Waals surface area contributed by atoms with Crippen LogP contribution in [0.25, 0.3) is 0 Å². The van der Waals surface area contributed by atoms with Crippen LogP contribution in [0.3, 0.4) is 0 Å². The molecule has 4 aliphatic carbocycles. The van der Waals surface area contributed by atoms with E-state index in [0.29, 0.717) is 0 Å². The molecule has 0 spiro atoms. The summed E-state index contributed by atoms with van der Waals surface area (Å²) in [6, 6.07) is 1.81. The molecule has 0 aromatic rings. The molecule has 1 nitrogen and oxygen atoms in total. The van der Waals surface area contributed by atoms with Crippen molar-refractivity contribution in [2.24, 2.45) is 23.7 Å². The van der Waals surface area contributed by atoms with Gasteiger partial charge in [0.15, 0.2) is 0 Å². The van der Waals surface area contributed by atoms with Crippen molar-refractivity contribution in [3.63, 3.8) is 0 Å². The predicted molar refractivity (Wildman–Crippen MR) is 75.5 cm³/mol. The monoisotopic (exact) mass is 247 g/mol. The van der Waals surface area contributed by atoms with Gasteiger partial charge in [0.2, 0.25) is 0 Å². The van der Waals surface area contributed by atoms with Crippen molar-refractivity contribution in [1.82, 2.24) is 5.32 Å². The van der Waals surface area contributed by atoms with Gasteiger partial charge < -0.3 is 5.32 Å². The van der Waals surface area contributed by atoms with Gasteiger partial charge in [-0.25, -0.2) is 0 Å². The average Bonchev–Trinajstić information content (AvgIpc) is 3.29. The molecule has 0 heterocycles. The van der Waals surface area contributed by atoms with Crippen LogP contribution in [-0.4, -0.2) is 12.1 Å². The third kappa shape index (κ3) is 2.48. The third-order valence-electron chi connectivity index (χ3n) is 6.23. The van der Waals surface area contributed by atoms with Crippen LogP contribution < -0.4 is 5.32 Å². The van der Waals surface area contributed by atoms with Gasteiger partial charge in [0.1, 0.15) is 0 Å². The Bertz CT molecular complexity index is 280. The lowest BCUT2D eigenvalue weighted by molar-refractivity contribution is 0.134. The summed E-state index contributed by atoms with van der Waals surface area (Å²) in [7, 11) is 0. The smallest absolute Gasteiger partial charge is 0.0126 e. The second kappa shape index (κ2) is 4.81. The Labute approximate surface area is 112 Å². The topological polar surface area (TPSA) is 12.0 Å². The van der Waals surface area contributed by atoms with E-state index in [-0.39, 0.29) is 0 Å². The molecule has 4 saturated carbocycles. The summed E-state index contributed by atoms with van der Waals surface area (Å²) in [6.07, 6.45) is 16.7. The first kappa shape index (κ1) is 11.8. The Balaban J connectivity index is 1.34. The fraction of sp³-hybridized carbons (Fsp3) is 1.00. The number of hydrogen-bond donors (Lipinski definition) is 1. The van der Waals surface area contributed by atoms with Crippen LogP contribution in [0.5, 0.6) is 0 Å². The Morgan fingerprint density at radius 1 is 0.667 bits per heavy atom. The SMILES string of the molecule is C1CCC2CC(NC(C3CC3)C3CC3)CCC2C1. The summed E-state index contributed by atoms with van der Waals surface area (Å²) in [5.74, 6) is 4.34. The van der Waals surface area contributed by atoms with Crippen LogP contribution >= 0.6 is 0 Å². The highest BCUT2D eigenvalue weighted by atomic mass is 15.0. The van der Waals surface area contributed by atoms with Gasteiger partial charge >= 0.3 is 0 Å². The molecule has 0 aromatic carbocycles. The summed E-state index contributed by atoms with van der Waals surface area (Å²) in [5, 5.41) is 4.11. The second-order valence-corrected chi connectivity index (χ2v) is 7.68. The van der Waals surface area contributed by atoms with Crippen molar-refractivity contribution in [2.75, 3.05) is 0 Å². The molecule has 4 aliphatic rings. The summed E-state index contributed by atoms with van der Waals surface area (Å²) in [6.45, 7) is 0. The third-order valence-corrected chi connectivity index (χ3v) is 6.23. The Hall–Kier alpha value is -0.0400. The Kier molecular flexibility index (Phi) is 3.14. The fourth-order valence-electron chi connectivity index (χ4n) is 4.86. The van der Waals surface area contributed by atoms with E-state index in [0.717, 1.165) is 35.8 Å². The molecular formula is C17H29N. The van der Waals surface area contributed by atoms with Crippen LogP contribution in [0, 0.1) is 23.7 Å². The standard InChI is InChI=1S/C17H29N/c1-2-4-15-11-16(10-9-12(15)3-1)18-17(13-5-6-13)14-7-8-14/h12-18H,1-11H2. The van der Waals surface area contributed by atoms with Gasteiger partial charge in [0.05, 0.1) is 0 Å². The normalized spacial score (nSPS) is 40.8. The molecule has 3 atom stereocenters. The molecule has 0 radical (unpaired) electrons. The molecule has 102 valence electrons. The van der Waals surface area contributed by atoms with E-state index < -0.39 is 0 Å². The van der Waals surface area contributed by atoms with E-state index in [1.165, 1.54) is 57.8 Å². The molecule has 1 heteroatoms. The molecule has 4 rings (SSSR count). The summed E-state index contributed by atoms with van der Waals surface area (Å²) in [4.78, 5) is 0. The lowest BCUT2D eigenvalue weighted by Crippen LogP contribution is -2.45. The van der Waals surface area contributed by atoms with Crippen molar-refractivity contribution in [3.8, 4) is 0 Å². The quantitative estimate of drug-likeness (QED) is 0.788. The van der Waals surface area contributed by atoms with Gasteiger partial charge in [-0.1, -0.05) is 25.7 Å². The van der Waals surface area contributed by atoms with Crippen molar-refractivity contribution in [1.29, 1.82) is 0 Å². The minimum atomic E-state index is 0.885. The van der Waals surface area contributed by atoms with E-state index >= 15 is 0 Å². The highest BCUT2D eigenvalue weighted by molar-refractivity contribution is 4.98. The van der Waals surface area contributed by atoms with E-state index in [1.807, 2.05) is 0 Å². The fourth-order valence-corrected chi connectivity index (χ4v) is 4.86. The Morgan fingerprint density at radius 2 is 1.33 bits per heavy atom. The van der Waals surface area contributed by atoms with Crippen molar-refractivity contribution in [2.45, 2.75) is 82.7 Å². The summed E-state index contributed by atoms with van der Waals surface area (Å²) >= 11 is 0. The molecule has 18 heavy (non-hydrogen) atoms. The number of nitrogens with one attached hydrogen (secondary N) is 1.